The number of unbranched alkanes of at least 4 members (excludes halogenated alkanes) is 6. The number of rotatable bonds is 11. The van der Waals surface area contributed by atoms with Gasteiger partial charge >= 0.3 is 6.18 Å². The third kappa shape index (κ3) is 13.8. The van der Waals surface area contributed by atoms with E-state index >= 15 is 0 Å². The average Bonchev–Trinajstić information content (AvgIpc) is 2.26. The molecule has 0 rings (SSSR count). The van der Waals surface area contributed by atoms with Crippen LogP contribution in [0.2, 0.25) is 0 Å². The molecule has 0 spiro atoms. The molecule has 0 saturated heterocycles. The highest BCUT2D eigenvalue weighted by Crippen LogP contribution is 2.23. The fraction of sp³-hybridized carbons (Fsp3) is 1.00. The molecule has 4 heteroatoms. The van der Waals surface area contributed by atoms with Crippen molar-refractivity contribution in [3.63, 3.8) is 0 Å². The second kappa shape index (κ2) is 10.7. The Morgan fingerprint density at radius 3 is 1.89 bits per heavy atom. The van der Waals surface area contributed by atoms with Crippen LogP contribution in [0.4, 0.5) is 13.2 Å². The molecule has 0 aliphatic carbocycles. The Hall–Kier alpha value is -0.250. The van der Waals surface area contributed by atoms with E-state index in [1.165, 1.54) is 32.1 Å². The maximum atomic E-state index is 11.9. The van der Waals surface area contributed by atoms with Gasteiger partial charge in [0.05, 0.1) is 6.10 Å². The van der Waals surface area contributed by atoms with Gasteiger partial charge in [-0.1, -0.05) is 51.9 Å². The van der Waals surface area contributed by atoms with Gasteiger partial charge in [-0.15, -0.1) is 0 Å². The molecule has 0 aromatic heterocycles. The van der Waals surface area contributed by atoms with Crippen LogP contribution in [0.1, 0.15) is 77.6 Å². The Kier molecular flexibility index (Phi) is 10.5. The van der Waals surface area contributed by atoms with E-state index in [4.69, 9.17) is 0 Å². The van der Waals surface area contributed by atoms with Gasteiger partial charge in [-0.25, -0.2) is 0 Å². The van der Waals surface area contributed by atoms with Crippen molar-refractivity contribution in [2.75, 3.05) is 0 Å². The summed E-state index contributed by atoms with van der Waals surface area (Å²) >= 11 is 0. The molecule has 0 fully saturated rings. The molecule has 1 nitrogen and oxygen atoms in total. The zero-order valence-electron chi connectivity index (χ0n) is 11.4. The summed E-state index contributed by atoms with van der Waals surface area (Å²) in [7, 11) is 0. The lowest BCUT2D eigenvalue weighted by molar-refractivity contribution is -0.136. The quantitative estimate of drug-likeness (QED) is 0.509. The monoisotopic (exact) mass is 268 g/mol. The highest BCUT2D eigenvalue weighted by Gasteiger charge is 2.26. The third-order valence-electron chi connectivity index (χ3n) is 3.14. The summed E-state index contributed by atoms with van der Waals surface area (Å²) < 4.78 is 35.6. The van der Waals surface area contributed by atoms with Crippen molar-refractivity contribution < 1.29 is 18.3 Å². The number of halogens is 3. The van der Waals surface area contributed by atoms with E-state index < -0.39 is 18.7 Å². The first-order valence-corrected chi connectivity index (χ1v) is 7.20. The molecular formula is C14H27F3O. The predicted molar refractivity (Wildman–Crippen MR) is 68.5 cm³/mol. The summed E-state index contributed by atoms with van der Waals surface area (Å²) in [6, 6.07) is 0. The zero-order valence-corrected chi connectivity index (χ0v) is 11.4. The van der Waals surface area contributed by atoms with E-state index in [-0.39, 0.29) is 12.8 Å². The lowest BCUT2D eigenvalue weighted by Gasteiger charge is -2.11. The topological polar surface area (TPSA) is 20.2 Å². The van der Waals surface area contributed by atoms with Crippen LogP contribution < -0.4 is 0 Å². The molecule has 110 valence electrons. The largest absolute Gasteiger partial charge is 0.393 e. The van der Waals surface area contributed by atoms with Gasteiger partial charge in [0.1, 0.15) is 0 Å². The van der Waals surface area contributed by atoms with E-state index in [0.29, 0.717) is 6.42 Å². The predicted octanol–water partition coefficient (Wildman–Crippen LogP) is 5.22. The van der Waals surface area contributed by atoms with E-state index in [0.717, 1.165) is 12.8 Å². The van der Waals surface area contributed by atoms with Gasteiger partial charge in [-0.05, 0) is 19.3 Å². The van der Waals surface area contributed by atoms with Crippen LogP contribution in [0.5, 0.6) is 0 Å². The second-order valence-corrected chi connectivity index (χ2v) is 5.07. The van der Waals surface area contributed by atoms with Gasteiger partial charge in [-0.3, -0.25) is 0 Å². The highest BCUT2D eigenvalue weighted by molar-refractivity contribution is 4.59. The maximum Gasteiger partial charge on any atom is 0.389 e. The molecule has 0 heterocycles. The molecule has 0 amide bonds. The summed E-state index contributed by atoms with van der Waals surface area (Å²) in [6.07, 6.45) is 3.75. The summed E-state index contributed by atoms with van der Waals surface area (Å²) in [5.74, 6) is 0. The fourth-order valence-corrected chi connectivity index (χ4v) is 2.02. The van der Waals surface area contributed by atoms with Crippen LogP contribution in [-0.4, -0.2) is 17.4 Å². The highest BCUT2D eigenvalue weighted by atomic mass is 19.4. The lowest BCUT2D eigenvalue weighted by Crippen LogP contribution is -2.11. The Morgan fingerprint density at radius 1 is 0.833 bits per heavy atom. The molecule has 0 aromatic carbocycles. The SMILES string of the molecule is CCCCCCCCCC(O)CCCC(F)(F)F. The van der Waals surface area contributed by atoms with Crippen molar-refractivity contribution in [3.05, 3.63) is 0 Å². The van der Waals surface area contributed by atoms with Crippen LogP contribution >= 0.6 is 0 Å². The average molecular weight is 268 g/mol. The number of aliphatic hydroxyl groups is 1. The summed E-state index contributed by atoms with van der Waals surface area (Å²) in [5, 5.41) is 9.52. The maximum absolute atomic E-state index is 11.9. The van der Waals surface area contributed by atoms with E-state index in [1.54, 1.807) is 0 Å². The van der Waals surface area contributed by atoms with Crippen molar-refractivity contribution in [1.29, 1.82) is 0 Å². The van der Waals surface area contributed by atoms with Gasteiger partial charge in [0.15, 0.2) is 0 Å². The first-order valence-electron chi connectivity index (χ1n) is 7.20. The summed E-state index contributed by atoms with van der Waals surface area (Å²) in [6.45, 7) is 2.18. The van der Waals surface area contributed by atoms with Gasteiger partial charge in [0.2, 0.25) is 0 Å². The van der Waals surface area contributed by atoms with E-state index in [9.17, 15) is 18.3 Å². The smallest absolute Gasteiger partial charge is 0.389 e. The van der Waals surface area contributed by atoms with Crippen LogP contribution in [0.15, 0.2) is 0 Å². The number of hydrogen-bond acceptors (Lipinski definition) is 1. The van der Waals surface area contributed by atoms with Gasteiger partial charge in [0.25, 0.3) is 0 Å². The first kappa shape index (κ1) is 17.8. The molecule has 0 aromatic rings. The Labute approximate surface area is 109 Å². The summed E-state index contributed by atoms with van der Waals surface area (Å²) in [4.78, 5) is 0. The van der Waals surface area contributed by atoms with Gasteiger partial charge in [-0.2, -0.15) is 13.2 Å². The Morgan fingerprint density at radius 2 is 1.33 bits per heavy atom. The molecule has 1 atom stereocenters. The second-order valence-electron chi connectivity index (χ2n) is 5.07. The minimum atomic E-state index is -4.08. The zero-order chi connectivity index (χ0) is 13.9. The van der Waals surface area contributed by atoms with Crippen LogP contribution in [-0.2, 0) is 0 Å². The van der Waals surface area contributed by atoms with Crippen molar-refractivity contribution in [1.82, 2.24) is 0 Å². The number of hydrogen-bond donors (Lipinski definition) is 1. The molecule has 1 N–H and O–H groups in total. The molecular weight excluding hydrogens is 241 g/mol. The number of alkyl halides is 3. The lowest BCUT2D eigenvalue weighted by atomic mass is 10.0. The van der Waals surface area contributed by atoms with Crippen molar-refractivity contribution in [2.45, 2.75) is 89.8 Å². The van der Waals surface area contributed by atoms with Crippen molar-refractivity contribution in [3.8, 4) is 0 Å². The fourth-order valence-electron chi connectivity index (χ4n) is 2.02. The van der Waals surface area contributed by atoms with Gasteiger partial charge in [0, 0.05) is 6.42 Å². The summed E-state index contributed by atoms with van der Waals surface area (Å²) in [5.41, 5.74) is 0. The minimum Gasteiger partial charge on any atom is -0.393 e. The van der Waals surface area contributed by atoms with Crippen LogP contribution in [0, 0.1) is 0 Å². The Bertz CT molecular complexity index is 180. The standard InChI is InChI=1S/C14H27F3O/c1-2-3-4-5-6-7-8-10-13(18)11-9-12-14(15,16)17/h13,18H,2-12H2,1H3. The molecule has 0 aliphatic rings. The minimum absolute atomic E-state index is 0.0428. The van der Waals surface area contributed by atoms with Crippen molar-refractivity contribution in [2.24, 2.45) is 0 Å². The molecule has 0 saturated carbocycles. The third-order valence-corrected chi connectivity index (χ3v) is 3.14. The molecule has 0 aliphatic heterocycles. The van der Waals surface area contributed by atoms with Crippen LogP contribution in [0.3, 0.4) is 0 Å². The normalized spacial score (nSPS) is 13.8. The number of aliphatic hydroxyl groups excluding tert-OH is 1. The molecule has 0 radical (unpaired) electrons. The molecule has 1 unspecified atom stereocenters. The Balaban J connectivity index is 3.24. The van der Waals surface area contributed by atoms with Crippen molar-refractivity contribution >= 4 is 0 Å². The van der Waals surface area contributed by atoms with E-state index in [1.807, 2.05) is 0 Å². The van der Waals surface area contributed by atoms with E-state index in [2.05, 4.69) is 6.92 Å². The van der Waals surface area contributed by atoms with Crippen LogP contribution in [0.25, 0.3) is 0 Å². The van der Waals surface area contributed by atoms with Gasteiger partial charge < -0.3 is 5.11 Å². The molecule has 0 bridgehead atoms. The molecule has 18 heavy (non-hydrogen) atoms. The first-order chi connectivity index (χ1) is 8.45.